The third-order valence-corrected chi connectivity index (χ3v) is 4.36. The van der Waals surface area contributed by atoms with E-state index in [9.17, 15) is 14.7 Å². The molecule has 6 nitrogen and oxygen atoms in total. The number of hydrogen-bond acceptors (Lipinski definition) is 4. The number of ether oxygens (including phenoxy) is 1. The predicted octanol–water partition coefficient (Wildman–Crippen LogP) is 3.32. The van der Waals surface area contributed by atoms with Crippen molar-refractivity contribution in [1.82, 2.24) is 9.55 Å². The summed E-state index contributed by atoms with van der Waals surface area (Å²) < 4.78 is 6.71. The largest absolute Gasteiger partial charge is 0.495 e. The van der Waals surface area contributed by atoms with Gasteiger partial charge in [0.1, 0.15) is 5.75 Å². The van der Waals surface area contributed by atoms with Crippen LogP contribution in [0.1, 0.15) is 21.6 Å². The van der Waals surface area contributed by atoms with Gasteiger partial charge in [0, 0.05) is 29.0 Å². The van der Waals surface area contributed by atoms with Gasteiger partial charge in [-0.05, 0) is 36.8 Å². The molecule has 0 unspecified atom stereocenters. The second-order valence-corrected chi connectivity index (χ2v) is 5.92. The lowest BCUT2D eigenvalue weighted by molar-refractivity contribution is -0.136. The number of carbonyl (C=O) groups is 2. The zero-order valence-corrected chi connectivity index (χ0v) is 14.4. The molecule has 7 heteroatoms. The summed E-state index contributed by atoms with van der Waals surface area (Å²) in [6, 6.07) is 6.50. The van der Waals surface area contributed by atoms with Crippen molar-refractivity contribution in [2.45, 2.75) is 13.3 Å². The van der Waals surface area contributed by atoms with Crippen LogP contribution >= 0.6 is 11.6 Å². The summed E-state index contributed by atoms with van der Waals surface area (Å²) in [6.45, 7) is 1.72. The summed E-state index contributed by atoms with van der Waals surface area (Å²) >= 11 is 6.22. The standard InChI is InChI=1S/C18H15ClN2O4/c1-10-12(8-17(22)23)13-7-16(25-2)14(19)9-15(13)21(10)18(24)11-3-5-20-6-4-11/h3-7,9H,8H2,1-2H3,(H,22,23). The van der Waals surface area contributed by atoms with E-state index in [0.29, 0.717) is 38.5 Å². The zero-order valence-electron chi connectivity index (χ0n) is 13.6. The van der Waals surface area contributed by atoms with Crippen molar-refractivity contribution in [3.63, 3.8) is 0 Å². The number of fused-ring (bicyclic) bond motifs is 1. The third-order valence-electron chi connectivity index (χ3n) is 4.07. The number of pyridine rings is 1. The fraction of sp³-hybridized carbons (Fsp3) is 0.167. The first-order valence-corrected chi connectivity index (χ1v) is 7.85. The van der Waals surface area contributed by atoms with Gasteiger partial charge in [0.25, 0.3) is 5.91 Å². The fourth-order valence-electron chi connectivity index (χ4n) is 2.90. The van der Waals surface area contributed by atoms with Gasteiger partial charge in [0.15, 0.2) is 0 Å². The van der Waals surface area contributed by atoms with Gasteiger partial charge in [0.2, 0.25) is 0 Å². The Kier molecular flexibility index (Phi) is 4.46. The minimum atomic E-state index is -0.979. The van der Waals surface area contributed by atoms with Crippen LogP contribution in [0.5, 0.6) is 5.75 Å². The first-order valence-electron chi connectivity index (χ1n) is 7.48. The highest BCUT2D eigenvalue weighted by molar-refractivity contribution is 6.33. The number of hydrogen-bond donors (Lipinski definition) is 1. The van der Waals surface area contributed by atoms with Gasteiger partial charge in [-0.3, -0.25) is 19.1 Å². The molecule has 128 valence electrons. The normalized spacial score (nSPS) is 10.8. The molecule has 2 heterocycles. The van der Waals surface area contributed by atoms with E-state index in [1.165, 1.54) is 24.1 Å². The van der Waals surface area contributed by atoms with E-state index in [4.69, 9.17) is 16.3 Å². The van der Waals surface area contributed by atoms with Crippen molar-refractivity contribution in [1.29, 1.82) is 0 Å². The van der Waals surface area contributed by atoms with E-state index in [1.807, 2.05) is 0 Å². The highest BCUT2D eigenvalue weighted by Crippen LogP contribution is 2.35. The molecule has 0 amide bonds. The molecular weight excluding hydrogens is 344 g/mol. The number of carbonyl (C=O) groups excluding carboxylic acids is 1. The van der Waals surface area contributed by atoms with E-state index in [2.05, 4.69) is 4.98 Å². The van der Waals surface area contributed by atoms with Gasteiger partial charge in [-0.2, -0.15) is 0 Å². The minimum absolute atomic E-state index is 0.205. The van der Waals surface area contributed by atoms with E-state index in [0.717, 1.165) is 0 Å². The molecular formula is C18H15ClN2O4. The molecule has 0 fully saturated rings. The lowest BCUT2D eigenvalue weighted by Gasteiger charge is -2.08. The molecule has 0 aliphatic carbocycles. The minimum Gasteiger partial charge on any atom is -0.495 e. The average Bonchev–Trinajstić information content (AvgIpc) is 2.85. The summed E-state index contributed by atoms with van der Waals surface area (Å²) in [5.41, 5.74) is 2.11. The topological polar surface area (TPSA) is 81.4 Å². The Morgan fingerprint density at radius 1 is 1.28 bits per heavy atom. The van der Waals surface area contributed by atoms with Gasteiger partial charge < -0.3 is 9.84 Å². The van der Waals surface area contributed by atoms with Gasteiger partial charge >= 0.3 is 5.97 Å². The predicted molar refractivity (Wildman–Crippen MR) is 93.5 cm³/mol. The number of rotatable bonds is 4. The zero-order chi connectivity index (χ0) is 18.1. The number of aliphatic carboxylic acids is 1. The molecule has 0 saturated carbocycles. The quantitative estimate of drug-likeness (QED) is 0.773. The Morgan fingerprint density at radius 3 is 2.56 bits per heavy atom. The van der Waals surface area contributed by atoms with Crippen LogP contribution < -0.4 is 4.74 Å². The molecule has 0 radical (unpaired) electrons. The van der Waals surface area contributed by atoms with Crippen molar-refractivity contribution in [3.8, 4) is 5.75 Å². The second-order valence-electron chi connectivity index (χ2n) is 5.51. The number of nitrogens with zero attached hydrogens (tertiary/aromatic N) is 2. The smallest absolute Gasteiger partial charge is 0.307 e. The van der Waals surface area contributed by atoms with Gasteiger partial charge in [-0.1, -0.05) is 11.6 Å². The van der Waals surface area contributed by atoms with Crippen LogP contribution in [-0.2, 0) is 11.2 Å². The molecule has 3 rings (SSSR count). The van der Waals surface area contributed by atoms with Crippen LogP contribution in [0.4, 0.5) is 0 Å². The summed E-state index contributed by atoms with van der Waals surface area (Å²) in [5, 5.41) is 10.2. The maximum absolute atomic E-state index is 13.0. The van der Waals surface area contributed by atoms with Gasteiger partial charge in [-0.25, -0.2) is 0 Å². The number of methoxy groups -OCH3 is 1. The van der Waals surface area contributed by atoms with E-state index >= 15 is 0 Å². The average molecular weight is 359 g/mol. The molecule has 0 bridgehead atoms. The molecule has 3 aromatic rings. The number of aromatic nitrogens is 2. The highest BCUT2D eigenvalue weighted by Gasteiger charge is 2.22. The maximum atomic E-state index is 13.0. The Hall–Kier alpha value is -2.86. The van der Waals surface area contributed by atoms with Crippen LogP contribution in [0, 0.1) is 6.92 Å². The van der Waals surface area contributed by atoms with Crippen LogP contribution in [-0.4, -0.2) is 33.6 Å². The summed E-state index contributed by atoms with van der Waals surface area (Å²) in [4.78, 5) is 28.1. The number of carboxylic acids is 1. The summed E-state index contributed by atoms with van der Waals surface area (Å²) in [5.74, 6) is -0.829. The second kappa shape index (κ2) is 6.57. The molecule has 25 heavy (non-hydrogen) atoms. The lowest BCUT2D eigenvalue weighted by Crippen LogP contribution is -2.14. The molecule has 0 aliphatic heterocycles. The molecule has 0 aliphatic rings. The van der Waals surface area contributed by atoms with Crippen LogP contribution in [0.3, 0.4) is 0 Å². The van der Waals surface area contributed by atoms with Crippen molar-refractivity contribution in [3.05, 3.63) is 58.5 Å². The van der Waals surface area contributed by atoms with E-state index in [1.54, 1.807) is 31.2 Å². The van der Waals surface area contributed by atoms with Crippen LogP contribution in [0.2, 0.25) is 5.02 Å². The molecule has 0 atom stereocenters. The van der Waals surface area contributed by atoms with Gasteiger partial charge in [-0.15, -0.1) is 0 Å². The van der Waals surface area contributed by atoms with Gasteiger partial charge in [0.05, 0.1) is 24.1 Å². The molecule has 0 spiro atoms. The summed E-state index contributed by atoms with van der Waals surface area (Å²) in [6.07, 6.45) is 2.86. The van der Waals surface area contributed by atoms with Crippen molar-refractivity contribution in [2.24, 2.45) is 0 Å². The lowest BCUT2D eigenvalue weighted by atomic mass is 10.1. The molecule has 2 aromatic heterocycles. The maximum Gasteiger partial charge on any atom is 0.307 e. The number of halogens is 1. The first-order chi connectivity index (χ1) is 11.9. The molecule has 0 saturated heterocycles. The molecule has 1 N–H and O–H groups in total. The van der Waals surface area contributed by atoms with E-state index in [-0.39, 0.29) is 12.3 Å². The van der Waals surface area contributed by atoms with Crippen LogP contribution in [0.25, 0.3) is 10.9 Å². The van der Waals surface area contributed by atoms with Crippen molar-refractivity contribution < 1.29 is 19.4 Å². The van der Waals surface area contributed by atoms with Crippen molar-refractivity contribution in [2.75, 3.05) is 7.11 Å². The first kappa shape index (κ1) is 17.0. The van der Waals surface area contributed by atoms with Crippen molar-refractivity contribution >= 4 is 34.4 Å². The SMILES string of the molecule is COc1cc2c(CC(=O)O)c(C)n(C(=O)c3ccncc3)c2cc1Cl. The Labute approximate surface area is 148 Å². The third kappa shape index (κ3) is 2.96. The molecule has 1 aromatic carbocycles. The van der Waals surface area contributed by atoms with E-state index < -0.39 is 5.97 Å². The Balaban J connectivity index is 2.31. The number of carboxylic acid groups (broad SMARTS) is 1. The Morgan fingerprint density at radius 2 is 1.96 bits per heavy atom. The monoisotopic (exact) mass is 358 g/mol. The Bertz CT molecular complexity index is 980. The summed E-state index contributed by atoms with van der Waals surface area (Å²) in [7, 11) is 1.48. The number of benzene rings is 1. The highest BCUT2D eigenvalue weighted by atomic mass is 35.5. The van der Waals surface area contributed by atoms with Crippen LogP contribution in [0.15, 0.2) is 36.7 Å². The fourth-order valence-corrected chi connectivity index (χ4v) is 3.13.